The van der Waals surface area contributed by atoms with Crippen molar-refractivity contribution in [3.05, 3.63) is 42.7 Å². The molecule has 0 aliphatic heterocycles. The molecule has 152 valence electrons. The Labute approximate surface area is 169 Å². The number of rotatable bonds is 8. The van der Waals surface area contributed by atoms with Crippen LogP contribution in [0.2, 0.25) is 0 Å². The average Bonchev–Trinajstić information content (AvgIpc) is 2.73. The largest absolute Gasteiger partial charge is 0.493 e. The van der Waals surface area contributed by atoms with Crippen molar-refractivity contribution in [3.63, 3.8) is 0 Å². The third-order valence-electron chi connectivity index (χ3n) is 4.01. The van der Waals surface area contributed by atoms with Crippen LogP contribution in [0.3, 0.4) is 0 Å². The molecule has 0 aliphatic rings. The summed E-state index contributed by atoms with van der Waals surface area (Å²) in [6.07, 6.45) is 1.37. The summed E-state index contributed by atoms with van der Waals surface area (Å²) in [5.74, 6) is 2.47. The lowest BCUT2D eigenvalue weighted by atomic mass is 10.2. The lowest BCUT2D eigenvalue weighted by Gasteiger charge is -2.15. The van der Waals surface area contributed by atoms with Crippen molar-refractivity contribution in [2.75, 3.05) is 45.6 Å². The molecule has 1 heterocycles. The van der Waals surface area contributed by atoms with Gasteiger partial charge in [-0.05, 0) is 12.1 Å². The van der Waals surface area contributed by atoms with Gasteiger partial charge in [0.15, 0.2) is 11.5 Å². The molecule has 2 aromatic carbocycles. The molecular formula is C20H23N5O4. The number of hydrogen-bond donors (Lipinski definition) is 1. The van der Waals surface area contributed by atoms with Crippen LogP contribution >= 0.6 is 0 Å². The Morgan fingerprint density at radius 2 is 1.62 bits per heavy atom. The highest BCUT2D eigenvalue weighted by Gasteiger charge is 2.14. The van der Waals surface area contributed by atoms with Gasteiger partial charge >= 0.3 is 6.01 Å². The number of hydrogen-bond acceptors (Lipinski definition) is 9. The minimum atomic E-state index is 0.172. The summed E-state index contributed by atoms with van der Waals surface area (Å²) >= 11 is 0. The molecule has 0 amide bonds. The first kappa shape index (κ1) is 20.0. The van der Waals surface area contributed by atoms with E-state index in [0.29, 0.717) is 34.6 Å². The minimum absolute atomic E-state index is 0.172. The molecular weight excluding hydrogens is 374 g/mol. The Hall–Kier alpha value is -3.75. The number of benzene rings is 2. The fourth-order valence-corrected chi connectivity index (χ4v) is 2.60. The highest BCUT2D eigenvalue weighted by atomic mass is 16.5. The predicted octanol–water partition coefficient (Wildman–Crippen LogP) is 3.50. The fraction of sp³-hybridized carbons (Fsp3) is 0.250. The fourth-order valence-electron chi connectivity index (χ4n) is 2.60. The van der Waals surface area contributed by atoms with Crippen molar-refractivity contribution in [1.29, 1.82) is 0 Å². The second-order valence-corrected chi connectivity index (χ2v) is 6.12. The van der Waals surface area contributed by atoms with Gasteiger partial charge in [0.1, 0.15) is 12.1 Å². The van der Waals surface area contributed by atoms with Gasteiger partial charge in [-0.15, -0.1) is 0 Å². The van der Waals surface area contributed by atoms with Crippen LogP contribution < -0.4 is 29.2 Å². The van der Waals surface area contributed by atoms with E-state index in [1.165, 1.54) is 6.33 Å². The van der Waals surface area contributed by atoms with Crippen molar-refractivity contribution in [3.8, 4) is 29.0 Å². The topological polar surface area (TPSA) is 90.9 Å². The van der Waals surface area contributed by atoms with E-state index in [1.807, 2.05) is 43.3 Å². The quantitative estimate of drug-likeness (QED) is 0.613. The number of aromatic nitrogens is 3. The number of anilines is 3. The summed E-state index contributed by atoms with van der Waals surface area (Å²) in [6, 6.07) is 11.3. The van der Waals surface area contributed by atoms with Crippen LogP contribution in [-0.4, -0.2) is 50.4 Å². The van der Waals surface area contributed by atoms with Crippen LogP contribution in [0.15, 0.2) is 42.7 Å². The molecule has 0 unspecified atom stereocenters. The Balaban J connectivity index is 1.82. The SMILES string of the molecule is COc1cc(Nc2ncnc(Oc3cccc(N(C)C)c3)n2)cc(OC)c1OC. The van der Waals surface area contributed by atoms with Crippen molar-refractivity contribution in [1.82, 2.24) is 15.0 Å². The molecule has 0 radical (unpaired) electrons. The van der Waals surface area contributed by atoms with Crippen LogP contribution in [0, 0.1) is 0 Å². The zero-order chi connectivity index (χ0) is 20.8. The normalized spacial score (nSPS) is 10.2. The van der Waals surface area contributed by atoms with Crippen molar-refractivity contribution >= 4 is 17.3 Å². The molecule has 0 spiro atoms. The molecule has 1 N–H and O–H groups in total. The van der Waals surface area contributed by atoms with E-state index in [1.54, 1.807) is 33.5 Å². The van der Waals surface area contributed by atoms with Crippen LogP contribution in [0.5, 0.6) is 29.0 Å². The second kappa shape index (κ2) is 8.96. The van der Waals surface area contributed by atoms with E-state index in [0.717, 1.165) is 5.69 Å². The third-order valence-corrected chi connectivity index (χ3v) is 4.01. The number of ether oxygens (including phenoxy) is 4. The zero-order valence-electron chi connectivity index (χ0n) is 17.0. The summed E-state index contributed by atoms with van der Waals surface area (Å²) in [5, 5.41) is 3.09. The van der Waals surface area contributed by atoms with Crippen LogP contribution in [0.25, 0.3) is 0 Å². The second-order valence-electron chi connectivity index (χ2n) is 6.12. The van der Waals surface area contributed by atoms with E-state index in [9.17, 15) is 0 Å². The molecule has 0 saturated carbocycles. The number of nitrogens with one attached hydrogen (secondary N) is 1. The van der Waals surface area contributed by atoms with Gasteiger partial charge in [0.25, 0.3) is 0 Å². The lowest BCUT2D eigenvalue weighted by Crippen LogP contribution is -2.08. The third kappa shape index (κ3) is 4.75. The lowest BCUT2D eigenvalue weighted by molar-refractivity contribution is 0.324. The first-order valence-corrected chi connectivity index (χ1v) is 8.75. The van der Waals surface area contributed by atoms with Crippen LogP contribution in [-0.2, 0) is 0 Å². The molecule has 0 fully saturated rings. The molecule has 0 bridgehead atoms. The maximum Gasteiger partial charge on any atom is 0.326 e. The Kier molecular flexibility index (Phi) is 6.18. The number of nitrogens with zero attached hydrogens (tertiary/aromatic N) is 4. The summed E-state index contributed by atoms with van der Waals surface area (Å²) in [6.45, 7) is 0. The van der Waals surface area contributed by atoms with Gasteiger partial charge < -0.3 is 29.2 Å². The molecule has 9 nitrogen and oxygen atoms in total. The number of methoxy groups -OCH3 is 3. The minimum Gasteiger partial charge on any atom is -0.493 e. The van der Waals surface area contributed by atoms with Gasteiger partial charge in [-0.2, -0.15) is 9.97 Å². The van der Waals surface area contributed by atoms with E-state index in [2.05, 4.69) is 20.3 Å². The molecule has 3 aromatic rings. The van der Waals surface area contributed by atoms with E-state index in [4.69, 9.17) is 18.9 Å². The van der Waals surface area contributed by atoms with Crippen LogP contribution in [0.1, 0.15) is 0 Å². The Morgan fingerprint density at radius 3 is 2.24 bits per heavy atom. The molecule has 9 heteroatoms. The maximum atomic E-state index is 5.78. The van der Waals surface area contributed by atoms with E-state index >= 15 is 0 Å². The monoisotopic (exact) mass is 397 g/mol. The smallest absolute Gasteiger partial charge is 0.326 e. The first-order valence-electron chi connectivity index (χ1n) is 8.75. The van der Waals surface area contributed by atoms with Gasteiger partial charge in [0, 0.05) is 43.7 Å². The van der Waals surface area contributed by atoms with Crippen molar-refractivity contribution in [2.24, 2.45) is 0 Å². The van der Waals surface area contributed by atoms with E-state index < -0.39 is 0 Å². The molecule has 29 heavy (non-hydrogen) atoms. The van der Waals surface area contributed by atoms with Gasteiger partial charge in [-0.1, -0.05) is 6.07 Å². The van der Waals surface area contributed by atoms with E-state index in [-0.39, 0.29) is 6.01 Å². The van der Waals surface area contributed by atoms with Crippen molar-refractivity contribution in [2.45, 2.75) is 0 Å². The molecule has 0 atom stereocenters. The maximum absolute atomic E-state index is 5.78. The highest BCUT2D eigenvalue weighted by Crippen LogP contribution is 2.40. The standard InChI is InChI=1S/C20H23N5O4/c1-25(2)14-7-6-8-15(11-14)29-20-22-12-21-19(24-20)23-13-9-16(26-3)18(28-5)17(10-13)27-4/h6-12H,1-5H3,(H,21,22,23,24). The Bertz CT molecular complexity index is 956. The first-order chi connectivity index (χ1) is 14.0. The molecule has 3 rings (SSSR count). The van der Waals surface area contributed by atoms with Crippen LogP contribution in [0.4, 0.5) is 17.3 Å². The Morgan fingerprint density at radius 1 is 0.897 bits per heavy atom. The molecule has 0 saturated heterocycles. The summed E-state index contributed by atoms with van der Waals surface area (Å²) in [4.78, 5) is 14.5. The molecule has 1 aromatic heterocycles. The predicted molar refractivity (Wildman–Crippen MR) is 110 cm³/mol. The van der Waals surface area contributed by atoms with Gasteiger partial charge in [-0.25, -0.2) is 4.98 Å². The van der Waals surface area contributed by atoms with Gasteiger partial charge in [-0.3, -0.25) is 0 Å². The van der Waals surface area contributed by atoms with Gasteiger partial charge in [0.2, 0.25) is 11.7 Å². The average molecular weight is 397 g/mol. The zero-order valence-corrected chi connectivity index (χ0v) is 17.0. The van der Waals surface area contributed by atoms with Crippen molar-refractivity contribution < 1.29 is 18.9 Å². The molecule has 0 aliphatic carbocycles. The van der Waals surface area contributed by atoms with Gasteiger partial charge in [0.05, 0.1) is 21.3 Å². The summed E-state index contributed by atoms with van der Waals surface area (Å²) < 4.78 is 21.8. The summed E-state index contributed by atoms with van der Waals surface area (Å²) in [5.41, 5.74) is 1.67. The summed E-state index contributed by atoms with van der Waals surface area (Å²) in [7, 11) is 8.58. The highest BCUT2D eigenvalue weighted by molar-refractivity contribution is 5.65.